The summed E-state index contributed by atoms with van der Waals surface area (Å²) in [6.45, 7) is -1.17. The predicted molar refractivity (Wildman–Crippen MR) is 217 cm³/mol. The predicted octanol–water partition coefficient (Wildman–Crippen LogP) is 2.69. The molecule has 0 spiro atoms. The first-order valence-corrected chi connectivity index (χ1v) is 18.8. The molecule has 300 valence electrons. The van der Waals surface area contributed by atoms with Crippen molar-refractivity contribution in [2.75, 3.05) is 38.1 Å². The fraction of sp³-hybridized carbons (Fsp3) is 0.273. The summed E-state index contributed by atoms with van der Waals surface area (Å²) in [5.74, 6) is -0.400. The van der Waals surface area contributed by atoms with E-state index >= 15 is 0 Å². The molecule has 58 heavy (non-hydrogen) atoms. The van der Waals surface area contributed by atoms with Gasteiger partial charge in [-0.15, -0.1) is 12.3 Å². The number of hydrogen-bond acceptors (Lipinski definition) is 8. The molecule has 0 unspecified atom stereocenters. The van der Waals surface area contributed by atoms with E-state index in [4.69, 9.17) is 11.2 Å². The monoisotopic (exact) mass is 786 g/mol. The van der Waals surface area contributed by atoms with Gasteiger partial charge in [-0.1, -0.05) is 84.9 Å². The number of aliphatic hydroxyl groups excluding tert-OH is 1. The summed E-state index contributed by atoms with van der Waals surface area (Å²) in [6.07, 6.45) is 5.41. The summed E-state index contributed by atoms with van der Waals surface area (Å²) in [5, 5.41) is 25.2. The van der Waals surface area contributed by atoms with E-state index in [1.807, 2.05) is 54.6 Å². The molecule has 14 heteroatoms. The van der Waals surface area contributed by atoms with E-state index in [2.05, 4.69) is 37.8 Å². The number of fused-ring (bicyclic) bond motifs is 3. The number of aliphatic hydroxyl groups is 1. The lowest BCUT2D eigenvalue weighted by Crippen LogP contribution is -2.52. The van der Waals surface area contributed by atoms with E-state index in [0.29, 0.717) is 36.2 Å². The maximum atomic E-state index is 13.3. The number of terminal acetylenes is 1. The van der Waals surface area contributed by atoms with E-state index in [1.165, 1.54) is 0 Å². The van der Waals surface area contributed by atoms with Crippen molar-refractivity contribution < 1.29 is 38.6 Å². The SMILES string of the molecule is C#CCCNC(=O)CCc1cc(NC(=O)CNC(=O)[C@H](Cc2ccccc2)NC(=O)CNC(=O)CNC(=O)OCC2c3ccccc3-c3ccccc32)ccc1CO. The molecule has 0 saturated carbocycles. The van der Waals surface area contributed by atoms with Crippen molar-refractivity contribution in [1.29, 1.82) is 0 Å². The molecule has 5 rings (SSSR count). The van der Waals surface area contributed by atoms with Crippen LogP contribution in [0.4, 0.5) is 10.5 Å². The minimum absolute atomic E-state index is 0.0748. The molecule has 1 atom stereocenters. The molecule has 0 saturated heterocycles. The third-order valence-corrected chi connectivity index (χ3v) is 9.41. The van der Waals surface area contributed by atoms with Crippen LogP contribution in [0.25, 0.3) is 11.1 Å². The molecule has 14 nitrogen and oxygen atoms in total. The third kappa shape index (κ3) is 12.3. The first-order chi connectivity index (χ1) is 28.1. The summed E-state index contributed by atoms with van der Waals surface area (Å²) in [6, 6.07) is 28.6. The van der Waals surface area contributed by atoms with Crippen molar-refractivity contribution in [2.45, 2.75) is 44.2 Å². The van der Waals surface area contributed by atoms with Crippen LogP contribution in [0.2, 0.25) is 0 Å². The molecule has 1 aliphatic carbocycles. The molecule has 0 heterocycles. The van der Waals surface area contributed by atoms with Gasteiger partial charge in [0.05, 0.1) is 19.7 Å². The van der Waals surface area contributed by atoms with Crippen molar-refractivity contribution in [3.8, 4) is 23.5 Å². The normalized spacial score (nSPS) is 11.8. The Morgan fingerprint density at radius 3 is 2.05 bits per heavy atom. The fourth-order valence-electron chi connectivity index (χ4n) is 6.54. The molecular weight excluding hydrogens is 741 g/mol. The van der Waals surface area contributed by atoms with Crippen LogP contribution < -0.4 is 31.9 Å². The van der Waals surface area contributed by atoms with Crippen LogP contribution >= 0.6 is 0 Å². The van der Waals surface area contributed by atoms with Crippen LogP contribution in [-0.4, -0.2) is 79.6 Å². The van der Waals surface area contributed by atoms with Gasteiger partial charge in [0.15, 0.2) is 0 Å². The van der Waals surface area contributed by atoms with Gasteiger partial charge in [-0.25, -0.2) is 4.79 Å². The Kier molecular flexibility index (Phi) is 15.5. The molecule has 6 amide bonds. The van der Waals surface area contributed by atoms with Crippen molar-refractivity contribution in [1.82, 2.24) is 26.6 Å². The Morgan fingerprint density at radius 2 is 1.36 bits per heavy atom. The van der Waals surface area contributed by atoms with E-state index in [1.54, 1.807) is 42.5 Å². The van der Waals surface area contributed by atoms with Gasteiger partial charge in [0.25, 0.3) is 0 Å². The Balaban J connectivity index is 1.07. The maximum Gasteiger partial charge on any atom is 0.407 e. The quantitative estimate of drug-likeness (QED) is 0.0555. The highest BCUT2D eigenvalue weighted by molar-refractivity contribution is 5.96. The van der Waals surface area contributed by atoms with Crippen LogP contribution in [-0.2, 0) is 48.2 Å². The van der Waals surface area contributed by atoms with Gasteiger partial charge in [0.1, 0.15) is 19.2 Å². The highest BCUT2D eigenvalue weighted by Crippen LogP contribution is 2.44. The zero-order valence-electron chi connectivity index (χ0n) is 31.8. The first-order valence-electron chi connectivity index (χ1n) is 18.8. The number of alkyl carbamates (subject to hydrolysis) is 1. The van der Waals surface area contributed by atoms with Gasteiger partial charge in [0, 0.05) is 37.4 Å². The third-order valence-electron chi connectivity index (χ3n) is 9.41. The van der Waals surface area contributed by atoms with Gasteiger partial charge < -0.3 is 41.7 Å². The Morgan fingerprint density at radius 1 is 0.707 bits per heavy atom. The second-order valence-electron chi connectivity index (χ2n) is 13.5. The van der Waals surface area contributed by atoms with Crippen LogP contribution in [0, 0.1) is 12.3 Å². The molecular formula is C44H46N6O8. The molecule has 0 aliphatic heterocycles. The Labute approximate surface area is 336 Å². The zero-order chi connectivity index (χ0) is 41.3. The number of rotatable bonds is 19. The second kappa shape index (κ2) is 21.4. The lowest BCUT2D eigenvalue weighted by Gasteiger charge is -2.19. The fourth-order valence-corrected chi connectivity index (χ4v) is 6.54. The molecule has 4 aromatic rings. The van der Waals surface area contributed by atoms with Crippen molar-refractivity contribution in [2.24, 2.45) is 0 Å². The Hall–Kier alpha value is -6.98. The van der Waals surface area contributed by atoms with Gasteiger partial charge in [0.2, 0.25) is 29.5 Å². The highest BCUT2D eigenvalue weighted by Gasteiger charge is 2.29. The van der Waals surface area contributed by atoms with E-state index in [9.17, 15) is 33.9 Å². The van der Waals surface area contributed by atoms with Gasteiger partial charge >= 0.3 is 6.09 Å². The van der Waals surface area contributed by atoms with Crippen molar-refractivity contribution in [3.63, 3.8) is 0 Å². The molecule has 0 radical (unpaired) electrons. The average molecular weight is 787 g/mol. The summed E-state index contributed by atoms with van der Waals surface area (Å²) >= 11 is 0. The maximum absolute atomic E-state index is 13.3. The number of nitrogens with one attached hydrogen (secondary N) is 6. The van der Waals surface area contributed by atoms with E-state index in [0.717, 1.165) is 27.8 Å². The summed E-state index contributed by atoms with van der Waals surface area (Å²) in [7, 11) is 0. The van der Waals surface area contributed by atoms with Crippen LogP contribution in [0.15, 0.2) is 97.1 Å². The Bertz CT molecular complexity index is 2110. The second-order valence-corrected chi connectivity index (χ2v) is 13.5. The largest absolute Gasteiger partial charge is 0.449 e. The minimum atomic E-state index is -1.10. The summed E-state index contributed by atoms with van der Waals surface area (Å²) < 4.78 is 5.46. The average Bonchev–Trinajstić information content (AvgIpc) is 3.56. The van der Waals surface area contributed by atoms with Gasteiger partial charge in [-0.3, -0.25) is 24.0 Å². The number of carbonyl (C=O) groups excluding carboxylic acids is 6. The topological polar surface area (TPSA) is 204 Å². The zero-order valence-corrected chi connectivity index (χ0v) is 31.8. The molecule has 1 aliphatic rings. The standard InChI is InChI=1S/C44H46N6O8/c1-2-3-21-45-39(52)20-18-30-23-32(19-17-31(30)27-51)49-41(54)26-47-43(56)38(22-29-11-5-4-6-12-29)50-42(55)25-46-40(53)24-48-44(57)58-28-37-35-15-9-7-13-33(35)34-14-8-10-16-36(34)37/h1,4-17,19,23,37-38,51H,3,18,20-22,24-28H2,(H,45,52)(H,46,53)(H,47,56)(H,48,57)(H,49,54)(H,50,55)/t38-/m0/s1. The minimum Gasteiger partial charge on any atom is -0.449 e. The highest BCUT2D eigenvalue weighted by atomic mass is 16.5. The lowest BCUT2D eigenvalue weighted by molar-refractivity contribution is -0.130. The molecule has 4 aromatic carbocycles. The summed E-state index contributed by atoms with van der Waals surface area (Å²) in [5.41, 5.74) is 6.69. The number of ether oxygens (including phenoxy) is 1. The lowest BCUT2D eigenvalue weighted by atomic mass is 9.98. The van der Waals surface area contributed by atoms with Crippen LogP contribution in [0.1, 0.15) is 46.6 Å². The number of amides is 6. The molecule has 0 aromatic heterocycles. The molecule has 0 fully saturated rings. The van der Waals surface area contributed by atoms with E-state index in [-0.39, 0.29) is 37.9 Å². The number of aryl methyl sites for hydroxylation is 1. The molecule has 0 bridgehead atoms. The van der Waals surface area contributed by atoms with E-state index < -0.39 is 55.4 Å². The first kappa shape index (κ1) is 42.2. The van der Waals surface area contributed by atoms with Crippen LogP contribution in [0.5, 0.6) is 0 Å². The number of anilines is 1. The smallest absolute Gasteiger partial charge is 0.407 e. The van der Waals surface area contributed by atoms with Gasteiger partial charge in [-0.2, -0.15) is 0 Å². The van der Waals surface area contributed by atoms with Crippen LogP contribution in [0.3, 0.4) is 0 Å². The molecule has 7 N–H and O–H groups in total. The number of hydrogen-bond donors (Lipinski definition) is 7. The van der Waals surface area contributed by atoms with Gasteiger partial charge in [-0.05, 0) is 57.5 Å². The van der Waals surface area contributed by atoms with Crippen molar-refractivity contribution in [3.05, 3.63) is 125 Å². The summed E-state index contributed by atoms with van der Waals surface area (Å²) in [4.78, 5) is 76.3. The van der Waals surface area contributed by atoms with Crippen molar-refractivity contribution >= 4 is 41.3 Å². The number of benzene rings is 4. The number of carbonyl (C=O) groups is 6.